The first kappa shape index (κ1) is 26.6. The molecule has 1 heterocycles. The van der Waals surface area contributed by atoms with E-state index >= 15 is 0 Å². The topological polar surface area (TPSA) is 129 Å². The SMILES string of the molecule is CC(CN=C/C(=C\N)c1ccc(C#N)c(C(F)(F)F)c1)NC(=O)c1cc(C(C)OC(C)C)[nH]n1. The third-order valence-electron chi connectivity index (χ3n) is 4.69. The lowest BCUT2D eigenvalue weighted by Gasteiger charge is -2.13. The number of halogens is 3. The van der Waals surface area contributed by atoms with Crippen molar-refractivity contribution in [3.8, 4) is 6.07 Å². The smallest absolute Gasteiger partial charge is 0.404 e. The van der Waals surface area contributed by atoms with Gasteiger partial charge in [-0.3, -0.25) is 14.9 Å². The van der Waals surface area contributed by atoms with Crippen molar-refractivity contribution in [1.82, 2.24) is 15.5 Å². The number of ether oxygens (including phenoxy) is 1. The van der Waals surface area contributed by atoms with E-state index in [0.717, 1.165) is 18.3 Å². The second-order valence-corrected chi connectivity index (χ2v) is 7.90. The van der Waals surface area contributed by atoms with Gasteiger partial charge in [0.1, 0.15) is 5.69 Å². The molecule has 0 saturated carbocycles. The van der Waals surface area contributed by atoms with Crippen molar-refractivity contribution in [2.75, 3.05) is 6.54 Å². The minimum Gasteiger partial charge on any atom is -0.404 e. The molecule has 0 radical (unpaired) electrons. The number of aliphatic imine (C=N–C) groups is 1. The van der Waals surface area contributed by atoms with Crippen LogP contribution in [0.15, 0.2) is 35.5 Å². The van der Waals surface area contributed by atoms with Gasteiger partial charge < -0.3 is 15.8 Å². The number of aromatic amines is 1. The molecule has 2 aromatic rings. The zero-order chi connectivity index (χ0) is 25.5. The maximum Gasteiger partial charge on any atom is 0.417 e. The van der Waals surface area contributed by atoms with E-state index in [1.54, 1.807) is 13.0 Å². The molecule has 34 heavy (non-hydrogen) atoms. The summed E-state index contributed by atoms with van der Waals surface area (Å²) in [5.41, 5.74) is 5.32. The first-order chi connectivity index (χ1) is 16.0. The maximum atomic E-state index is 13.2. The van der Waals surface area contributed by atoms with Crippen LogP contribution in [0.3, 0.4) is 0 Å². The Kier molecular flexibility index (Phi) is 8.97. The van der Waals surface area contributed by atoms with E-state index in [2.05, 4.69) is 20.5 Å². The van der Waals surface area contributed by atoms with Crippen LogP contribution < -0.4 is 11.1 Å². The van der Waals surface area contributed by atoms with E-state index in [0.29, 0.717) is 5.69 Å². The molecule has 0 saturated heterocycles. The summed E-state index contributed by atoms with van der Waals surface area (Å²) in [6.45, 7) is 7.54. The summed E-state index contributed by atoms with van der Waals surface area (Å²) in [5.74, 6) is -0.404. The lowest BCUT2D eigenvalue weighted by Crippen LogP contribution is -2.34. The molecule has 1 aromatic carbocycles. The summed E-state index contributed by atoms with van der Waals surface area (Å²) in [7, 11) is 0. The number of carbonyl (C=O) groups is 1. The highest BCUT2D eigenvalue weighted by molar-refractivity contribution is 6.09. The monoisotopic (exact) mass is 476 g/mol. The number of nitrogens with two attached hydrogens (primary N) is 1. The number of hydrogen-bond donors (Lipinski definition) is 3. The number of hydrogen-bond acceptors (Lipinski definition) is 6. The number of rotatable bonds is 9. The van der Waals surface area contributed by atoms with E-state index in [9.17, 15) is 18.0 Å². The molecule has 2 rings (SSSR count). The predicted molar refractivity (Wildman–Crippen MR) is 122 cm³/mol. The molecule has 1 aromatic heterocycles. The Balaban J connectivity index is 2.01. The maximum absolute atomic E-state index is 13.2. The average Bonchev–Trinajstić information content (AvgIpc) is 3.26. The zero-order valence-electron chi connectivity index (χ0n) is 19.3. The van der Waals surface area contributed by atoms with E-state index in [1.165, 1.54) is 18.4 Å². The number of carbonyl (C=O) groups excluding carboxylic acids is 1. The number of alkyl halides is 3. The van der Waals surface area contributed by atoms with Gasteiger partial charge in [-0.15, -0.1) is 0 Å². The molecule has 0 aliphatic heterocycles. The Bertz CT molecular complexity index is 1100. The van der Waals surface area contributed by atoms with E-state index in [4.69, 9.17) is 15.7 Å². The molecule has 0 spiro atoms. The van der Waals surface area contributed by atoms with Gasteiger partial charge >= 0.3 is 6.18 Å². The van der Waals surface area contributed by atoms with Gasteiger partial charge in [-0.05, 0) is 51.5 Å². The molecular weight excluding hydrogens is 449 g/mol. The highest BCUT2D eigenvalue weighted by atomic mass is 19.4. The Hall–Kier alpha value is -3.65. The standard InChI is InChI=1S/C23H27F3N6O2/c1-13(2)34-15(4)20-8-21(32-31-20)22(33)30-14(3)11-29-12-18(10-28)16-5-6-17(9-27)19(7-16)23(24,25)26/h5-8,10,12-15H,11,28H2,1-4H3,(H,30,33)(H,31,32)/b18-10+,29-12?. The summed E-state index contributed by atoms with van der Waals surface area (Å²) < 4.78 is 45.3. The quantitative estimate of drug-likeness (QED) is 0.472. The fraction of sp³-hybridized carbons (Fsp3) is 0.391. The number of nitrogens with one attached hydrogen (secondary N) is 2. The Morgan fingerprint density at radius 3 is 2.62 bits per heavy atom. The van der Waals surface area contributed by atoms with Crippen molar-refractivity contribution in [2.45, 2.75) is 52.1 Å². The number of nitriles is 1. The average molecular weight is 477 g/mol. The van der Waals surface area contributed by atoms with Gasteiger partial charge in [0.15, 0.2) is 0 Å². The van der Waals surface area contributed by atoms with Gasteiger partial charge in [-0.25, -0.2) is 0 Å². The Labute approximate surface area is 195 Å². The fourth-order valence-corrected chi connectivity index (χ4v) is 3.06. The number of amides is 1. The van der Waals surface area contributed by atoms with Crippen molar-refractivity contribution < 1.29 is 22.7 Å². The molecule has 1 amide bonds. The van der Waals surface area contributed by atoms with Crippen molar-refractivity contribution in [1.29, 1.82) is 5.26 Å². The van der Waals surface area contributed by atoms with Crippen LogP contribution in [0.1, 0.15) is 66.7 Å². The number of allylic oxidation sites excluding steroid dienone is 1. The zero-order valence-corrected chi connectivity index (χ0v) is 19.3. The molecule has 11 heteroatoms. The molecule has 182 valence electrons. The molecule has 4 N–H and O–H groups in total. The van der Waals surface area contributed by atoms with Crippen LogP contribution in [0, 0.1) is 11.3 Å². The largest absolute Gasteiger partial charge is 0.417 e. The van der Waals surface area contributed by atoms with Crippen molar-refractivity contribution in [3.05, 3.63) is 58.5 Å². The van der Waals surface area contributed by atoms with E-state index in [-0.39, 0.29) is 41.6 Å². The first-order valence-corrected chi connectivity index (χ1v) is 10.5. The molecule has 0 bridgehead atoms. The van der Waals surface area contributed by atoms with Gasteiger partial charge in [-0.2, -0.15) is 23.5 Å². The molecule has 0 aliphatic carbocycles. The van der Waals surface area contributed by atoms with E-state index in [1.807, 2.05) is 20.8 Å². The van der Waals surface area contributed by atoms with Gasteiger partial charge in [0.25, 0.3) is 5.91 Å². The van der Waals surface area contributed by atoms with Gasteiger partial charge in [-0.1, -0.05) is 6.07 Å². The number of nitrogens with zero attached hydrogens (tertiary/aromatic N) is 3. The molecular formula is C23H27F3N6O2. The summed E-state index contributed by atoms with van der Waals surface area (Å²) in [6.07, 6.45) is -2.47. The number of H-pyrrole nitrogens is 1. The summed E-state index contributed by atoms with van der Waals surface area (Å²) in [4.78, 5) is 16.6. The second-order valence-electron chi connectivity index (χ2n) is 7.90. The molecule has 0 fully saturated rings. The molecule has 8 nitrogen and oxygen atoms in total. The fourth-order valence-electron chi connectivity index (χ4n) is 3.06. The highest BCUT2D eigenvalue weighted by Crippen LogP contribution is 2.33. The van der Waals surface area contributed by atoms with Crippen LogP contribution in [-0.4, -0.2) is 41.0 Å². The summed E-state index contributed by atoms with van der Waals surface area (Å²) in [6, 6.07) is 6.06. The third kappa shape index (κ3) is 7.18. The lowest BCUT2D eigenvalue weighted by atomic mass is 10.00. The summed E-state index contributed by atoms with van der Waals surface area (Å²) in [5, 5.41) is 18.5. The Morgan fingerprint density at radius 1 is 1.32 bits per heavy atom. The Morgan fingerprint density at radius 2 is 2.03 bits per heavy atom. The minimum absolute atomic E-state index is 0.0188. The van der Waals surface area contributed by atoms with E-state index < -0.39 is 23.2 Å². The van der Waals surface area contributed by atoms with Crippen molar-refractivity contribution in [3.63, 3.8) is 0 Å². The molecule has 0 aliphatic rings. The van der Waals surface area contributed by atoms with Crippen LogP contribution in [0.25, 0.3) is 5.57 Å². The van der Waals surface area contributed by atoms with Crippen molar-refractivity contribution in [2.24, 2.45) is 10.7 Å². The van der Waals surface area contributed by atoms with Crippen LogP contribution in [0.4, 0.5) is 13.2 Å². The van der Waals surface area contributed by atoms with Crippen LogP contribution in [-0.2, 0) is 10.9 Å². The molecule has 2 atom stereocenters. The third-order valence-corrected chi connectivity index (χ3v) is 4.69. The van der Waals surface area contributed by atoms with Crippen molar-refractivity contribution >= 4 is 17.7 Å². The molecule has 2 unspecified atom stereocenters. The normalized spacial score (nSPS) is 14.3. The minimum atomic E-state index is -4.68. The van der Waals surface area contributed by atoms with Gasteiger partial charge in [0.05, 0.1) is 41.6 Å². The lowest BCUT2D eigenvalue weighted by molar-refractivity contribution is -0.137. The van der Waals surface area contributed by atoms with Gasteiger partial charge in [0.2, 0.25) is 0 Å². The van der Waals surface area contributed by atoms with Crippen LogP contribution in [0.2, 0.25) is 0 Å². The van der Waals surface area contributed by atoms with Crippen LogP contribution in [0.5, 0.6) is 0 Å². The second kappa shape index (κ2) is 11.5. The number of aromatic nitrogens is 2. The predicted octanol–water partition coefficient (Wildman–Crippen LogP) is 3.98. The highest BCUT2D eigenvalue weighted by Gasteiger charge is 2.34. The van der Waals surface area contributed by atoms with Crippen LogP contribution >= 0.6 is 0 Å². The first-order valence-electron chi connectivity index (χ1n) is 10.5. The number of benzene rings is 1. The van der Waals surface area contributed by atoms with Gasteiger partial charge in [0, 0.05) is 24.0 Å². The summed E-state index contributed by atoms with van der Waals surface area (Å²) >= 11 is 0.